The molecule has 1 unspecified atom stereocenters. The Labute approximate surface area is 153 Å². The summed E-state index contributed by atoms with van der Waals surface area (Å²) in [6.07, 6.45) is 2.09. The number of anilines is 1. The maximum absolute atomic E-state index is 12.4. The Balaban J connectivity index is 1.71. The van der Waals surface area contributed by atoms with Crippen LogP contribution in [0.25, 0.3) is 0 Å². The Kier molecular flexibility index (Phi) is 5.51. The Morgan fingerprint density at radius 1 is 1.27 bits per heavy atom. The molecule has 7 nitrogen and oxygen atoms in total. The zero-order chi connectivity index (χ0) is 18.6. The van der Waals surface area contributed by atoms with Gasteiger partial charge in [0.1, 0.15) is 5.69 Å². The molecule has 1 amide bonds. The molecular weight excluding hydrogens is 352 g/mol. The van der Waals surface area contributed by atoms with Crippen molar-refractivity contribution in [2.45, 2.75) is 25.9 Å². The second-order valence-electron chi connectivity index (χ2n) is 6.25. The second kappa shape index (κ2) is 7.82. The zero-order valence-corrected chi connectivity index (χ0v) is 15.4. The van der Waals surface area contributed by atoms with Crippen molar-refractivity contribution in [3.8, 4) is 0 Å². The standard InChI is InChI=1S/C18H22N4O3S/c1-2-22(15-9-11-26(24,25)13-15)18-19-10-8-16(21-18)17(23)20-12-14-6-4-3-5-7-14/h3-8,10,15H,2,9,11-13H2,1H3,(H,20,23). The molecule has 1 aromatic carbocycles. The summed E-state index contributed by atoms with van der Waals surface area (Å²) >= 11 is 0. The van der Waals surface area contributed by atoms with E-state index in [1.165, 1.54) is 6.20 Å². The Bertz CT molecular complexity index is 871. The number of carbonyl (C=O) groups excluding carboxylic acids is 1. The van der Waals surface area contributed by atoms with Crippen molar-refractivity contribution in [2.75, 3.05) is 23.0 Å². The molecule has 0 saturated carbocycles. The molecule has 26 heavy (non-hydrogen) atoms. The maximum Gasteiger partial charge on any atom is 0.270 e. The lowest BCUT2D eigenvalue weighted by molar-refractivity contribution is 0.0945. The highest BCUT2D eigenvalue weighted by Crippen LogP contribution is 2.21. The minimum Gasteiger partial charge on any atom is -0.347 e. The van der Waals surface area contributed by atoms with Crippen molar-refractivity contribution < 1.29 is 13.2 Å². The van der Waals surface area contributed by atoms with Gasteiger partial charge in [-0.25, -0.2) is 18.4 Å². The van der Waals surface area contributed by atoms with Gasteiger partial charge in [-0.1, -0.05) is 30.3 Å². The van der Waals surface area contributed by atoms with Crippen LogP contribution in [-0.2, 0) is 16.4 Å². The average molecular weight is 374 g/mol. The van der Waals surface area contributed by atoms with E-state index in [-0.39, 0.29) is 29.1 Å². The molecule has 3 rings (SSSR count). The normalized spacial score (nSPS) is 18.4. The third-order valence-electron chi connectivity index (χ3n) is 4.42. The van der Waals surface area contributed by atoms with Crippen molar-refractivity contribution in [2.24, 2.45) is 0 Å². The summed E-state index contributed by atoms with van der Waals surface area (Å²) in [6.45, 7) is 2.92. The molecule has 8 heteroatoms. The van der Waals surface area contributed by atoms with Crippen LogP contribution in [0.2, 0.25) is 0 Å². The molecule has 1 aromatic heterocycles. The predicted octanol–water partition coefficient (Wildman–Crippen LogP) is 1.42. The van der Waals surface area contributed by atoms with E-state index in [4.69, 9.17) is 0 Å². The summed E-state index contributed by atoms with van der Waals surface area (Å²) < 4.78 is 23.5. The van der Waals surface area contributed by atoms with Gasteiger partial charge in [0.2, 0.25) is 5.95 Å². The molecule has 0 spiro atoms. The van der Waals surface area contributed by atoms with Crippen molar-refractivity contribution in [3.05, 3.63) is 53.9 Å². The smallest absolute Gasteiger partial charge is 0.270 e. The van der Waals surface area contributed by atoms with Crippen LogP contribution in [0.5, 0.6) is 0 Å². The molecule has 0 aliphatic carbocycles. The predicted molar refractivity (Wildman–Crippen MR) is 99.7 cm³/mol. The first-order valence-corrected chi connectivity index (χ1v) is 10.4. The second-order valence-corrected chi connectivity index (χ2v) is 8.48. The molecule has 2 heterocycles. The fraction of sp³-hybridized carbons (Fsp3) is 0.389. The minimum atomic E-state index is -3.00. The van der Waals surface area contributed by atoms with Crippen LogP contribution in [0.15, 0.2) is 42.6 Å². The van der Waals surface area contributed by atoms with Gasteiger partial charge >= 0.3 is 0 Å². The number of benzene rings is 1. The van der Waals surface area contributed by atoms with Gasteiger partial charge in [-0.3, -0.25) is 4.79 Å². The van der Waals surface area contributed by atoms with Crippen molar-refractivity contribution >= 4 is 21.7 Å². The monoisotopic (exact) mass is 374 g/mol. The molecule has 1 aliphatic heterocycles. The van der Waals surface area contributed by atoms with E-state index in [2.05, 4.69) is 15.3 Å². The molecule has 1 saturated heterocycles. The number of nitrogens with zero attached hydrogens (tertiary/aromatic N) is 3. The molecule has 0 radical (unpaired) electrons. The summed E-state index contributed by atoms with van der Waals surface area (Å²) in [5, 5.41) is 2.84. The lowest BCUT2D eigenvalue weighted by Crippen LogP contribution is -2.37. The largest absolute Gasteiger partial charge is 0.347 e. The quantitative estimate of drug-likeness (QED) is 0.822. The van der Waals surface area contributed by atoms with Gasteiger partial charge in [0, 0.05) is 25.3 Å². The lowest BCUT2D eigenvalue weighted by atomic mass is 10.2. The topological polar surface area (TPSA) is 92.3 Å². The Morgan fingerprint density at radius 3 is 2.69 bits per heavy atom. The molecule has 138 valence electrons. The van der Waals surface area contributed by atoms with E-state index in [1.54, 1.807) is 6.07 Å². The SMILES string of the molecule is CCN(c1nccc(C(=O)NCc2ccccc2)n1)C1CCS(=O)(=O)C1. The van der Waals surface area contributed by atoms with Gasteiger partial charge in [-0.05, 0) is 25.0 Å². The number of hydrogen-bond donors (Lipinski definition) is 1. The third-order valence-corrected chi connectivity index (χ3v) is 6.17. The molecule has 1 atom stereocenters. The highest BCUT2D eigenvalue weighted by Gasteiger charge is 2.33. The summed E-state index contributed by atoms with van der Waals surface area (Å²) in [6, 6.07) is 11.0. The van der Waals surface area contributed by atoms with E-state index < -0.39 is 9.84 Å². The van der Waals surface area contributed by atoms with Crippen LogP contribution in [-0.4, -0.2) is 48.4 Å². The van der Waals surface area contributed by atoms with Gasteiger partial charge in [0.15, 0.2) is 9.84 Å². The fourth-order valence-corrected chi connectivity index (χ4v) is 4.80. The maximum atomic E-state index is 12.4. The number of carbonyl (C=O) groups is 1. The average Bonchev–Trinajstić information content (AvgIpc) is 3.01. The number of rotatable bonds is 6. The first-order valence-electron chi connectivity index (χ1n) is 8.61. The molecule has 1 aliphatic rings. The first-order chi connectivity index (χ1) is 12.5. The van der Waals surface area contributed by atoms with Crippen LogP contribution in [0.3, 0.4) is 0 Å². The summed E-state index contributed by atoms with van der Waals surface area (Å²) in [4.78, 5) is 22.8. The van der Waals surface area contributed by atoms with Gasteiger partial charge in [0.25, 0.3) is 5.91 Å². The van der Waals surface area contributed by atoms with Gasteiger partial charge < -0.3 is 10.2 Å². The third kappa shape index (κ3) is 4.37. The highest BCUT2D eigenvalue weighted by atomic mass is 32.2. The van der Waals surface area contributed by atoms with Gasteiger partial charge in [0.05, 0.1) is 11.5 Å². The first kappa shape index (κ1) is 18.3. The lowest BCUT2D eigenvalue weighted by Gasteiger charge is -2.26. The van der Waals surface area contributed by atoms with Crippen LogP contribution >= 0.6 is 0 Å². The van der Waals surface area contributed by atoms with Crippen LogP contribution in [0.4, 0.5) is 5.95 Å². The highest BCUT2D eigenvalue weighted by molar-refractivity contribution is 7.91. The van der Waals surface area contributed by atoms with E-state index in [0.717, 1.165) is 5.56 Å². The van der Waals surface area contributed by atoms with E-state index in [9.17, 15) is 13.2 Å². The van der Waals surface area contributed by atoms with Crippen LogP contribution < -0.4 is 10.2 Å². The summed E-state index contributed by atoms with van der Waals surface area (Å²) in [5.74, 6) is 0.398. The minimum absolute atomic E-state index is 0.106. The van der Waals surface area contributed by atoms with E-state index in [1.807, 2.05) is 42.2 Å². The number of hydrogen-bond acceptors (Lipinski definition) is 6. The Morgan fingerprint density at radius 2 is 2.04 bits per heavy atom. The molecular formula is C18H22N4O3S. The summed E-state index contributed by atoms with van der Waals surface area (Å²) in [7, 11) is -3.00. The number of sulfone groups is 1. The number of nitrogens with one attached hydrogen (secondary N) is 1. The van der Waals surface area contributed by atoms with Gasteiger partial charge in [-0.15, -0.1) is 0 Å². The van der Waals surface area contributed by atoms with Crippen molar-refractivity contribution in [1.29, 1.82) is 0 Å². The molecule has 1 fully saturated rings. The Hall–Kier alpha value is -2.48. The molecule has 0 bridgehead atoms. The van der Waals surface area contributed by atoms with Crippen molar-refractivity contribution in [1.82, 2.24) is 15.3 Å². The molecule has 2 aromatic rings. The zero-order valence-electron chi connectivity index (χ0n) is 14.6. The van der Waals surface area contributed by atoms with Crippen LogP contribution in [0, 0.1) is 0 Å². The number of amides is 1. The summed E-state index contributed by atoms with van der Waals surface area (Å²) in [5.41, 5.74) is 1.27. The fourth-order valence-electron chi connectivity index (χ4n) is 3.07. The number of aromatic nitrogens is 2. The van der Waals surface area contributed by atoms with Crippen LogP contribution in [0.1, 0.15) is 29.4 Å². The van der Waals surface area contributed by atoms with E-state index >= 15 is 0 Å². The molecule has 1 N–H and O–H groups in total. The van der Waals surface area contributed by atoms with Gasteiger partial charge in [-0.2, -0.15) is 0 Å². The van der Waals surface area contributed by atoms with Crippen molar-refractivity contribution in [3.63, 3.8) is 0 Å². The van der Waals surface area contributed by atoms with E-state index in [0.29, 0.717) is 25.5 Å².